The van der Waals surface area contributed by atoms with Gasteiger partial charge in [0.05, 0.1) is 13.0 Å². The highest BCUT2D eigenvalue weighted by atomic mass is 79.9. The smallest absolute Gasteiger partial charge is 0.310 e. The molecule has 0 aliphatic carbocycles. The van der Waals surface area contributed by atoms with E-state index in [9.17, 15) is 4.79 Å². The Morgan fingerprint density at radius 1 is 1.29 bits per heavy atom. The number of benzene rings is 1. The molecular formula is C11H13BrO2. The maximum atomic E-state index is 11.2. The van der Waals surface area contributed by atoms with Crippen molar-refractivity contribution in [1.82, 2.24) is 0 Å². The van der Waals surface area contributed by atoms with Gasteiger partial charge in [0.25, 0.3) is 0 Å². The molecule has 0 fully saturated rings. The van der Waals surface area contributed by atoms with E-state index in [2.05, 4.69) is 15.9 Å². The van der Waals surface area contributed by atoms with Gasteiger partial charge in [-0.05, 0) is 12.0 Å². The molecule has 0 saturated carbocycles. The van der Waals surface area contributed by atoms with Crippen LogP contribution in [0.3, 0.4) is 0 Å². The average molecular weight is 257 g/mol. The number of carbonyl (C=O) groups is 1. The van der Waals surface area contributed by atoms with Gasteiger partial charge < -0.3 is 4.74 Å². The van der Waals surface area contributed by atoms with Crippen LogP contribution in [0.25, 0.3) is 0 Å². The summed E-state index contributed by atoms with van der Waals surface area (Å²) >= 11 is 3.28. The van der Waals surface area contributed by atoms with Gasteiger partial charge in [0.2, 0.25) is 0 Å². The Morgan fingerprint density at radius 3 is 2.64 bits per heavy atom. The largest absolute Gasteiger partial charge is 0.465 e. The third kappa shape index (κ3) is 4.42. The molecule has 1 aromatic rings. The van der Waals surface area contributed by atoms with Gasteiger partial charge in [-0.3, -0.25) is 4.79 Å². The molecule has 0 bridgehead atoms. The minimum absolute atomic E-state index is 0.155. The van der Waals surface area contributed by atoms with Gasteiger partial charge in [-0.2, -0.15) is 0 Å². The van der Waals surface area contributed by atoms with Crippen LogP contribution in [0.15, 0.2) is 30.3 Å². The number of hydrogen-bond acceptors (Lipinski definition) is 2. The molecule has 0 atom stereocenters. The number of alkyl halides is 1. The minimum Gasteiger partial charge on any atom is -0.465 e. The van der Waals surface area contributed by atoms with Crippen molar-refractivity contribution in [2.75, 3.05) is 11.9 Å². The summed E-state index contributed by atoms with van der Waals surface area (Å²) in [6, 6.07) is 9.61. The lowest BCUT2D eigenvalue weighted by atomic mass is 10.2. The first-order valence-corrected chi connectivity index (χ1v) is 5.70. The predicted octanol–water partition coefficient (Wildman–Crippen LogP) is 2.56. The first-order chi connectivity index (χ1) is 6.83. The van der Waals surface area contributed by atoms with Crippen molar-refractivity contribution in [2.24, 2.45) is 0 Å². The number of carbonyl (C=O) groups excluding carboxylic acids is 1. The number of esters is 1. The Bertz CT molecular complexity index is 272. The van der Waals surface area contributed by atoms with Crippen LogP contribution in [0, 0.1) is 0 Å². The molecule has 1 rings (SSSR count). The van der Waals surface area contributed by atoms with Gasteiger partial charge in [0.1, 0.15) is 0 Å². The van der Waals surface area contributed by atoms with E-state index in [1.54, 1.807) is 0 Å². The molecule has 0 spiro atoms. The van der Waals surface area contributed by atoms with Crippen molar-refractivity contribution in [1.29, 1.82) is 0 Å². The first-order valence-electron chi connectivity index (χ1n) is 4.58. The van der Waals surface area contributed by atoms with E-state index in [0.717, 1.165) is 17.3 Å². The van der Waals surface area contributed by atoms with Gasteiger partial charge in [0.15, 0.2) is 0 Å². The standard InChI is InChI=1S/C11H13BrO2/c12-7-4-8-14-11(13)9-10-5-2-1-3-6-10/h1-3,5-6H,4,7-9H2. The van der Waals surface area contributed by atoms with E-state index in [0.29, 0.717) is 13.0 Å². The third-order valence-electron chi connectivity index (χ3n) is 1.73. The van der Waals surface area contributed by atoms with E-state index in [1.165, 1.54) is 0 Å². The molecule has 0 heterocycles. The number of halogens is 1. The number of hydrogen-bond donors (Lipinski definition) is 0. The molecule has 3 heteroatoms. The zero-order valence-corrected chi connectivity index (χ0v) is 9.50. The SMILES string of the molecule is O=C(Cc1ccccc1)OCCCBr. The van der Waals surface area contributed by atoms with E-state index in [4.69, 9.17) is 4.74 Å². The summed E-state index contributed by atoms with van der Waals surface area (Å²) in [5.74, 6) is -0.155. The van der Waals surface area contributed by atoms with Crippen LogP contribution in [0.4, 0.5) is 0 Å². The van der Waals surface area contributed by atoms with Crippen LogP contribution < -0.4 is 0 Å². The number of ether oxygens (including phenoxy) is 1. The second kappa shape index (κ2) is 6.60. The van der Waals surface area contributed by atoms with E-state index in [-0.39, 0.29) is 5.97 Å². The van der Waals surface area contributed by atoms with Gasteiger partial charge >= 0.3 is 5.97 Å². The highest BCUT2D eigenvalue weighted by Crippen LogP contribution is 2.01. The van der Waals surface area contributed by atoms with Crippen LogP contribution in [0.1, 0.15) is 12.0 Å². The molecule has 0 amide bonds. The Hall–Kier alpha value is -0.830. The molecule has 0 aliphatic heterocycles. The van der Waals surface area contributed by atoms with E-state index in [1.807, 2.05) is 30.3 Å². The summed E-state index contributed by atoms with van der Waals surface area (Å²) in [5, 5.41) is 0.867. The molecule has 1 aromatic carbocycles. The van der Waals surface area contributed by atoms with Crippen molar-refractivity contribution >= 4 is 21.9 Å². The topological polar surface area (TPSA) is 26.3 Å². The minimum atomic E-state index is -0.155. The zero-order chi connectivity index (χ0) is 10.2. The van der Waals surface area contributed by atoms with Crippen LogP contribution >= 0.6 is 15.9 Å². The van der Waals surface area contributed by atoms with Crippen LogP contribution in [-0.2, 0) is 16.0 Å². The summed E-state index contributed by atoms with van der Waals surface area (Å²) in [5.41, 5.74) is 0.997. The predicted molar refractivity (Wildman–Crippen MR) is 59.5 cm³/mol. The zero-order valence-electron chi connectivity index (χ0n) is 7.91. The van der Waals surface area contributed by atoms with Gasteiger partial charge in [-0.15, -0.1) is 0 Å². The van der Waals surface area contributed by atoms with E-state index < -0.39 is 0 Å². The second-order valence-corrected chi connectivity index (χ2v) is 3.72. The van der Waals surface area contributed by atoms with Crippen LogP contribution in [0.2, 0.25) is 0 Å². The molecule has 0 N–H and O–H groups in total. The molecule has 14 heavy (non-hydrogen) atoms. The molecule has 0 aliphatic rings. The molecule has 76 valence electrons. The molecule has 2 nitrogen and oxygen atoms in total. The summed E-state index contributed by atoms with van der Waals surface area (Å²) in [4.78, 5) is 11.2. The van der Waals surface area contributed by atoms with Gasteiger partial charge in [-0.25, -0.2) is 0 Å². The molecule has 0 radical (unpaired) electrons. The lowest BCUT2D eigenvalue weighted by Crippen LogP contribution is -2.09. The Labute approximate surface area is 92.4 Å². The fourth-order valence-corrected chi connectivity index (χ4v) is 1.28. The average Bonchev–Trinajstić information content (AvgIpc) is 2.20. The first kappa shape index (κ1) is 11.2. The maximum Gasteiger partial charge on any atom is 0.310 e. The lowest BCUT2D eigenvalue weighted by Gasteiger charge is -2.03. The summed E-state index contributed by atoms with van der Waals surface area (Å²) in [6.07, 6.45) is 1.23. The summed E-state index contributed by atoms with van der Waals surface area (Å²) in [7, 11) is 0. The molecule has 0 aromatic heterocycles. The van der Waals surface area contributed by atoms with Crippen LogP contribution in [-0.4, -0.2) is 17.9 Å². The fourth-order valence-electron chi connectivity index (χ4n) is 1.05. The Morgan fingerprint density at radius 2 is 2.00 bits per heavy atom. The quantitative estimate of drug-likeness (QED) is 0.460. The molecular weight excluding hydrogens is 244 g/mol. The monoisotopic (exact) mass is 256 g/mol. The second-order valence-electron chi connectivity index (χ2n) is 2.93. The molecule has 0 unspecified atom stereocenters. The Kier molecular flexibility index (Phi) is 5.30. The highest BCUT2D eigenvalue weighted by Gasteiger charge is 2.03. The third-order valence-corrected chi connectivity index (χ3v) is 2.29. The van der Waals surface area contributed by atoms with Gasteiger partial charge in [-0.1, -0.05) is 46.3 Å². The summed E-state index contributed by atoms with van der Waals surface area (Å²) < 4.78 is 5.02. The molecule has 0 saturated heterocycles. The van der Waals surface area contributed by atoms with Crippen molar-refractivity contribution in [3.63, 3.8) is 0 Å². The van der Waals surface area contributed by atoms with E-state index >= 15 is 0 Å². The van der Waals surface area contributed by atoms with Crippen molar-refractivity contribution in [2.45, 2.75) is 12.8 Å². The lowest BCUT2D eigenvalue weighted by molar-refractivity contribution is -0.142. The fraction of sp³-hybridized carbons (Fsp3) is 0.364. The Balaban J connectivity index is 2.27. The van der Waals surface area contributed by atoms with Gasteiger partial charge in [0, 0.05) is 5.33 Å². The van der Waals surface area contributed by atoms with Crippen molar-refractivity contribution in [3.05, 3.63) is 35.9 Å². The van der Waals surface area contributed by atoms with Crippen LogP contribution in [0.5, 0.6) is 0 Å². The van der Waals surface area contributed by atoms with Crippen molar-refractivity contribution < 1.29 is 9.53 Å². The maximum absolute atomic E-state index is 11.2. The number of rotatable bonds is 5. The summed E-state index contributed by atoms with van der Waals surface area (Å²) in [6.45, 7) is 0.497. The normalized spacial score (nSPS) is 9.79. The highest BCUT2D eigenvalue weighted by molar-refractivity contribution is 9.09. The van der Waals surface area contributed by atoms with Crippen molar-refractivity contribution in [3.8, 4) is 0 Å².